The summed E-state index contributed by atoms with van der Waals surface area (Å²) in [5, 5.41) is 12.7. The normalized spacial score (nSPS) is 12.0. The van der Waals surface area contributed by atoms with E-state index >= 15 is 0 Å². The van der Waals surface area contributed by atoms with Crippen molar-refractivity contribution in [3.63, 3.8) is 0 Å². The van der Waals surface area contributed by atoms with Crippen LogP contribution in [0.15, 0.2) is 207 Å². The van der Waals surface area contributed by atoms with E-state index in [1.165, 1.54) is 115 Å². The third-order valence-corrected chi connectivity index (χ3v) is 12.9. The fraction of sp³-hybridized carbons (Fsp3) is 0. The molecular formula is C58H34N2. The predicted octanol–water partition coefficient (Wildman–Crippen LogP) is 15.7. The second kappa shape index (κ2) is 12.8. The first-order valence-electron chi connectivity index (χ1n) is 20.6. The Kier molecular flexibility index (Phi) is 7.05. The van der Waals surface area contributed by atoms with Crippen LogP contribution >= 0.6 is 0 Å². The van der Waals surface area contributed by atoms with Gasteiger partial charge in [-0.15, -0.1) is 0 Å². The molecule has 1 aliphatic carbocycles. The van der Waals surface area contributed by atoms with Crippen LogP contribution in [0.2, 0.25) is 0 Å². The average Bonchev–Trinajstić information content (AvgIpc) is 3.65. The van der Waals surface area contributed by atoms with Crippen LogP contribution in [0, 0.1) is 0 Å². The second-order valence-corrected chi connectivity index (χ2v) is 16.0. The van der Waals surface area contributed by atoms with E-state index in [2.05, 4.69) is 181 Å². The number of nitrogens with zero attached hydrogens (tertiary/aromatic N) is 2. The van der Waals surface area contributed by atoms with E-state index < -0.39 is 0 Å². The molecule has 0 atom stereocenters. The van der Waals surface area contributed by atoms with E-state index in [9.17, 15) is 0 Å². The molecule has 1 aliphatic rings. The smallest absolute Gasteiger partial charge is 0.0886 e. The summed E-state index contributed by atoms with van der Waals surface area (Å²) in [6.45, 7) is 0. The Morgan fingerprint density at radius 2 is 0.750 bits per heavy atom. The van der Waals surface area contributed by atoms with E-state index in [-0.39, 0.29) is 0 Å². The Bertz CT molecular complexity index is 3570. The van der Waals surface area contributed by atoms with Crippen molar-refractivity contribution in [2.24, 2.45) is 0 Å². The van der Waals surface area contributed by atoms with Crippen LogP contribution in [-0.2, 0) is 0 Å². The SMILES string of the molecule is c1ccc(-c2c3c(c(-c4ccccc4)c4ccccc24)-c2ccc(-c4ccc5ccc6c(-c7ccc(-c8ccccn8)nc7)ccc7ccc4c5c76)c4cccc-3c24)cc1. The largest absolute Gasteiger partial charge is 0.255 e. The van der Waals surface area contributed by atoms with Gasteiger partial charge in [0.15, 0.2) is 0 Å². The van der Waals surface area contributed by atoms with Crippen molar-refractivity contribution in [1.82, 2.24) is 9.97 Å². The molecule has 0 amide bonds. The molecule has 2 heterocycles. The Morgan fingerprint density at radius 3 is 1.37 bits per heavy atom. The van der Waals surface area contributed by atoms with Crippen LogP contribution in [0.5, 0.6) is 0 Å². The number of rotatable bonds is 5. The molecule has 60 heavy (non-hydrogen) atoms. The highest BCUT2D eigenvalue weighted by molar-refractivity contribution is 6.31. The second-order valence-electron chi connectivity index (χ2n) is 16.0. The van der Waals surface area contributed by atoms with Gasteiger partial charge in [0, 0.05) is 18.0 Å². The predicted molar refractivity (Wildman–Crippen MR) is 252 cm³/mol. The summed E-state index contributed by atoms with van der Waals surface area (Å²) in [4.78, 5) is 9.36. The highest BCUT2D eigenvalue weighted by Gasteiger charge is 2.31. The maximum absolute atomic E-state index is 4.85. The molecule has 276 valence electrons. The van der Waals surface area contributed by atoms with E-state index in [1.54, 1.807) is 0 Å². The van der Waals surface area contributed by atoms with Crippen molar-refractivity contribution in [2.75, 3.05) is 0 Å². The standard InChI is InChI=1S/C58H34N2/c1-3-12-35(13-4-1)54-44-16-7-8-17-45(44)55(36-14-5-2-6-15-36)58-49-31-30-42(43-18-11-19-48(56(43)49)57(54)58)41-27-22-38-23-28-46-40(26-21-37-24-29-47(41)53(38)52(37)46)39-25-32-51(60-34-39)50-20-9-10-33-59-50/h1-34H. The van der Waals surface area contributed by atoms with E-state index in [1.807, 2.05) is 30.6 Å². The molecular weight excluding hydrogens is 725 g/mol. The van der Waals surface area contributed by atoms with Gasteiger partial charge in [-0.2, -0.15) is 0 Å². The number of pyridine rings is 2. The lowest BCUT2D eigenvalue weighted by molar-refractivity contribution is 1.25. The molecule has 0 spiro atoms. The summed E-state index contributed by atoms with van der Waals surface area (Å²) >= 11 is 0. The summed E-state index contributed by atoms with van der Waals surface area (Å²) in [6.07, 6.45) is 3.80. The van der Waals surface area contributed by atoms with Crippen LogP contribution in [0.25, 0.3) is 132 Å². The summed E-state index contributed by atoms with van der Waals surface area (Å²) < 4.78 is 0. The number of aromatic nitrogens is 2. The third kappa shape index (κ3) is 4.70. The zero-order valence-corrected chi connectivity index (χ0v) is 32.5. The lowest BCUT2D eigenvalue weighted by Crippen LogP contribution is -1.93. The van der Waals surface area contributed by atoms with Gasteiger partial charge in [0.05, 0.1) is 11.4 Å². The maximum atomic E-state index is 4.85. The van der Waals surface area contributed by atoms with E-state index in [0.29, 0.717) is 0 Å². The van der Waals surface area contributed by atoms with Gasteiger partial charge in [0.2, 0.25) is 0 Å². The van der Waals surface area contributed by atoms with Crippen LogP contribution in [0.3, 0.4) is 0 Å². The van der Waals surface area contributed by atoms with Crippen LogP contribution < -0.4 is 0 Å². The maximum Gasteiger partial charge on any atom is 0.0886 e. The molecule has 2 heteroatoms. The molecule has 0 N–H and O–H groups in total. The van der Waals surface area contributed by atoms with Gasteiger partial charge in [0.25, 0.3) is 0 Å². The number of hydrogen-bond donors (Lipinski definition) is 0. The Morgan fingerprint density at radius 1 is 0.250 bits per heavy atom. The molecule has 0 fully saturated rings. The zero-order chi connectivity index (χ0) is 39.3. The Balaban J connectivity index is 1.05. The minimum atomic E-state index is 0.871. The number of benzene rings is 10. The van der Waals surface area contributed by atoms with Gasteiger partial charge in [-0.1, -0.05) is 176 Å². The first kappa shape index (κ1) is 33.1. The van der Waals surface area contributed by atoms with Crippen molar-refractivity contribution in [1.29, 1.82) is 0 Å². The van der Waals surface area contributed by atoms with Crippen molar-refractivity contribution < 1.29 is 0 Å². The van der Waals surface area contributed by atoms with Crippen LogP contribution in [0.1, 0.15) is 0 Å². The summed E-state index contributed by atoms with van der Waals surface area (Å²) in [5.74, 6) is 0. The van der Waals surface area contributed by atoms with Crippen LogP contribution in [0.4, 0.5) is 0 Å². The fourth-order valence-corrected chi connectivity index (χ4v) is 10.4. The van der Waals surface area contributed by atoms with Gasteiger partial charge in [0.1, 0.15) is 0 Å². The summed E-state index contributed by atoms with van der Waals surface area (Å²) in [6, 6.07) is 71.3. The number of fused-ring (bicyclic) bond motifs is 4. The fourth-order valence-electron chi connectivity index (χ4n) is 10.4. The molecule has 0 aliphatic heterocycles. The Hall–Kier alpha value is -7.94. The molecule has 0 saturated carbocycles. The Labute approximate surface area is 347 Å². The average molecular weight is 759 g/mol. The molecule has 2 nitrogen and oxygen atoms in total. The van der Waals surface area contributed by atoms with Gasteiger partial charge in [-0.3, -0.25) is 9.97 Å². The van der Waals surface area contributed by atoms with E-state index in [0.717, 1.165) is 17.0 Å². The molecule has 10 aromatic carbocycles. The van der Waals surface area contributed by atoms with Crippen molar-refractivity contribution in [2.45, 2.75) is 0 Å². The summed E-state index contributed by atoms with van der Waals surface area (Å²) in [7, 11) is 0. The number of hydrogen-bond acceptors (Lipinski definition) is 2. The van der Waals surface area contributed by atoms with Crippen molar-refractivity contribution in [3.05, 3.63) is 207 Å². The van der Waals surface area contributed by atoms with Crippen molar-refractivity contribution in [3.8, 4) is 78.1 Å². The first-order valence-corrected chi connectivity index (χ1v) is 20.6. The van der Waals surface area contributed by atoms with Crippen LogP contribution in [-0.4, -0.2) is 9.97 Å². The summed E-state index contributed by atoms with van der Waals surface area (Å²) in [5.41, 5.74) is 16.8. The molecule has 0 bridgehead atoms. The first-order chi connectivity index (χ1) is 29.8. The van der Waals surface area contributed by atoms with E-state index in [4.69, 9.17) is 4.98 Å². The minimum absolute atomic E-state index is 0.871. The molecule has 12 aromatic rings. The monoisotopic (exact) mass is 758 g/mol. The molecule has 13 rings (SSSR count). The lowest BCUT2D eigenvalue weighted by Gasteiger charge is -2.20. The molecule has 0 radical (unpaired) electrons. The molecule has 2 aromatic heterocycles. The molecule has 0 saturated heterocycles. The molecule has 0 unspecified atom stereocenters. The van der Waals surface area contributed by atoms with Gasteiger partial charge < -0.3 is 0 Å². The highest BCUT2D eigenvalue weighted by Crippen LogP contribution is 2.59. The quantitative estimate of drug-likeness (QED) is 0.163. The topological polar surface area (TPSA) is 25.8 Å². The highest BCUT2D eigenvalue weighted by atomic mass is 14.8. The van der Waals surface area contributed by atoms with Gasteiger partial charge >= 0.3 is 0 Å². The minimum Gasteiger partial charge on any atom is -0.255 e. The van der Waals surface area contributed by atoms with Crippen molar-refractivity contribution >= 4 is 53.9 Å². The lowest BCUT2D eigenvalue weighted by atomic mass is 9.82. The van der Waals surface area contributed by atoms with Gasteiger partial charge in [-0.05, 0) is 133 Å². The van der Waals surface area contributed by atoms with Gasteiger partial charge in [-0.25, -0.2) is 0 Å². The zero-order valence-electron chi connectivity index (χ0n) is 32.5. The third-order valence-electron chi connectivity index (χ3n) is 12.9.